The number of aryl methyl sites for hydroxylation is 2. The zero-order valence-electron chi connectivity index (χ0n) is 17.2. The molecule has 1 aliphatic rings. The Bertz CT molecular complexity index is 1060. The number of amides is 1. The summed E-state index contributed by atoms with van der Waals surface area (Å²) in [5.74, 6) is 1.95. The van der Waals surface area contributed by atoms with E-state index in [2.05, 4.69) is 57.1 Å². The van der Waals surface area contributed by atoms with Gasteiger partial charge in [0.05, 0.1) is 24.6 Å². The third-order valence-electron chi connectivity index (χ3n) is 4.97. The Balaban J connectivity index is 1.46. The summed E-state index contributed by atoms with van der Waals surface area (Å²) in [6.07, 6.45) is -0.0338. The minimum absolute atomic E-state index is 0.00589. The summed E-state index contributed by atoms with van der Waals surface area (Å²) >= 11 is 1.71. The van der Waals surface area contributed by atoms with Crippen molar-refractivity contribution in [2.24, 2.45) is 0 Å². The number of rotatable bonds is 6. The van der Waals surface area contributed by atoms with Crippen LogP contribution in [0.3, 0.4) is 0 Å². The number of ether oxygens (including phenoxy) is 1. The van der Waals surface area contributed by atoms with Crippen LogP contribution in [-0.4, -0.2) is 34.6 Å². The lowest BCUT2D eigenvalue weighted by atomic mass is 10.2. The second-order valence-corrected chi connectivity index (χ2v) is 8.48. The predicted octanol–water partition coefficient (Wildman–Crippen LogP) is 3.32. The second-order valence-electron chi connectivity index (χ2n) is 7.29. The molecule has 0 radical (unpaired) electrons. The molecule has 0 spiro atoms. The van der Waals surface area contributed by atoms with Crippen molar-refractivity contribution in [2.75, 3.05) is 12.4 Å². The van der Waals surface area contributed by atoms with Crippen molar-refractivity contribution in [3.63, 3.8) is 0 Å². The fourth-order valence-corrected chi connectivity index (χ4v) is 4.47. The molecular formula is C22H25N5O2S. The summed E-state index contributed by atoms with van der Waals surface area (Å²) in [6.45, 7) is 4.01. The van der Waals surface area contributed by atoms with Crippen molar-refractivity contribution < 1.29 is 9.53 Å². The number of para-hydroxylation sites is 1. The van der Waals surface area contributed by atoms with Crippen LogP contribution in [0.15, 0.2) is 42.5 Å². The topological polar surface area (TPSA) is 88.2 Å². The maximum absolute atomic E-state index is 12.2. The molecule has 1 saturated heterocycles. The second kappa shape index (κ2) is 8.89. The summed E-state index contributed by atoms with van der Waals surface area (Å²) in [7, 11) is 1.62. The van der Waals surface area contributed by atoms with Gasteiger partial charge in [-0.25, -0.2) is 9.97 Å². The van der Waals surface area contributed by atoms with Gasteiger partial charge in [0, 0.05) is 11.1 Å². The van der Waals surface area contributed by atoms with Crippen LogP contribution in [0.5, 0.6) is 5.75 Å². The highest BCUT2D eigenvalue weighted by Gasteiger charge is 2.26. The van der Waals surface area contributed by atoms with Gasteiger partial charge in [-0.3, -0.25) is 10.1 Å². The minimum Gasteiger partial charge on any atom is -0.494 e. The number of carbonyl (C=O) groups is 1. The maximum Gasteiger partial charge on any atom is 0.226 e. The summed E-state index contributed by atoms with van der Waals surface area (Å²) in [6, 6.07) is 14.2. The molecule has 156 valence electrons. The smallest absolute Gasteiger partial charge is 0.226 e. The third-order valence-corrected chi connectivity index (χ3v) is 6.18. The van der Waals surface area contributed by atoms with Crippen LogP contribution >= 0.6 is 11.8 Å². The molecule has 1 aliphatic heterocycles. The van der Waals surface area contributed by atoms with Crippen LogP contribution in [0, 0.1) is 13.8 Å². The van der Waals surface area contributed by atoms with E-state index < -0.39 is 6.29 Å². The van der Waals surface area contributed by atoms with E-state index >= 15 is 0 Å². The highest BCUT2D eigenvalue weighted by atomic mass is 32.2. The molecule has 7 nitrogen and oxygen atoms in total. The molecule has 1 aromatic heterocycles. The van der Waals surface area contributed by atoms with Gasteiger partial charge in [0.2, 0.25) is 11.9 Å². The summed E-state index contributed by atoms with van der Waals surface area (Å²) < 4.78 is 5.44. The van der Waals surface area contributed by atoms with Crippen LogP contribution < -0.4 is 20.7 Å². The van der Waals surface area contributed by atoms with Gasteiger partial charge in [0.1, 0.15) is 11.3 Å². The number of methoxy groups -OCH3 is 1. The lowest BCUT2D eigenvalue weighted by Crippen LogP contribution is -2.59. The number of fused-ring (bicyclic) bond motifs is 1. The molecule has 0 saturated carbocycles. The van der Waals surface area contributed by atoms with Gasteiger partial charge in [-0.05, 0) is 25.5 Å². The minimum atomic E-state index is -0.451. The van der Waals surface area contributed by atoms with Crippen LogP contribution in [0.25, 0.3) is 10.9 Å². The number of anilines is 1. The fraction of sp³-hybridized carbons (Fsp3) is 0.318. The summed E-state index contributed by atoms with van der Waals surface area (Å²) in [5, 5.41) is 10.5. The first-order valence-electron chi connectivity index (χ1n) is 9.82. The summed E-state index contributed by atoms with van der Waals surface area (Å²) in [4.78, 5) is 21.4. The molecule has 4 rings (SSSR count). The molecule has 1 fully saturated rings. The zero-order chi connectivity index (χ0) is 21.1. The van der Waals surface area contributed by atoms with Crippen molar-refractivity contribution >= 4 is 34.5 Å². The van der Waals surface area contributed by atoms with Gasteiger partial charge in [-0.15, -0.1) is 11.8 Å². The highest BCUT2D eigenvalue weighted by molar-refractivity contribution is 7.99. The first-order chi connectivity index (χ1) is 14.5. The molecule has 2 aromatic carbocycles. The van der Waals surface area contributed by atoms with Gasteiger partial charge < -0.3 is 15.4 Å². The van der Waals surface area contributed by atoms with E-state index in [-0.39, 0.29) is 11.3 Å². The van der Waals surface area contributed by atoms with Gasteiger partial charge in [-0.2, -0.15) is 0 Å². The average molecular weight is 424 g/mol. The van der Waals surface area contributed by atoms with E-state index in [4.69, 9.17) is 4.74 Å². The largest absolute Gasteiger partial charge is 0.494 e. The highest BCUT2D eigenvalue weighted by Crippen LogP contribution is 2.26. The van der Waals surface area contributed by atoms with Crippen LogP contribution in [0.4, 0.5) is 5.95 Å². The lowest BCUT2D eigenvalue weighted by molar-refractivity contribution is -0.123. The monoisotopic (exact) mass is 423 g/mol. The SMILES string of the molecule is COc1cccc2c(C)nc(NC3NC(=O)CC(SCc4ccc(C)cc4)N3)nc12. The van der Waals surface area contributed by atoms with E-state index in [1.807, 2.05) is 25.1 Å². The maximum atomic E-state index is 12.2. The Morgan fingerprint density at radius 1 is 1.17 bits per heavy atom. The number of nitrogens with zero attached hydrogens (tertiary/aromatic N) is 2. The Morgan fingerprint density at radius 2 is 1.97 bits per heavy atom. The molecule has 8 heteroatoms. The van der Waals surface area contributed by atoms with Crippen molar-refractivity contribution in [3.05, 3.63) is 59.3 Å². The van der Waals surface area contributed by atoms with E-state index in [1.54, 1.807) is 18.9 Å². The number of hydrogen-bond donors (Lipinski definition) is 3. The molecular weight excluding hydrogens is 398 g/mol. The van der Waals surface area contributed by atoms with E-state index in [0.717, 1.165) is 22.3 Å². The van der Waals surface area contributed by atoms with Gasteiger partial charge in [-0.1, -0.05) is 42.0 Å². The quantitative estimate of drug-likeness (QED) is 0.560. The Kier molecular flexibility index (Phi) is 6.06. The molecule has 3 N–H and O–H groups in total. The standard InChI is InChI=1S/C22H25N5O2S/c1-13-7-9-15(10-8-13)12-30-19-11-18(28)24-22(25-19)27-21-23-14(2)16-5-4-6-17(29-3)20(16)26-21/h4-10,19,22,25H,11-12H2,1-3H3,(H,24,28)(H,23,26,27). The van der Waals surface area contributed by atoms with Gasteiger partial charge >= 0.3 is 0 Å². The number of thioether (sulfide) groups is 1. The van der Waals surface area contributed by atoms with Crippen molar-refractivity contribution in [1.29, 1.82) is 0 Å². The van der Waals surface area contributed by atoms with Crippen molar-refractivity contribution in [1.82, 2.24) is 20.6 Å². The molecule has 0 aliphatic carbocycles. The Hall–Kier alpha value is -2.84. The van der Waals surface area contributed by atoms with E-state index in [1.165, 1.54) is 11.1 Å². The Morgan fingerprint density at radius 3 is 2.73 bits per heavy atom. The molecule has 2 unspecified atom stereocenters. The lowest BCUT2D eigenvalue weighted by Gasteiger charge is -2.31. The number of carbonyl (C=O) groups excluding carboxylic acids is 1. The number of nitrogens with one attached hydrogen (secondary N) is 3. The molecule has 0 bridgehead atoms. The average Bonchev–Trinajstić information content (AvgIpc) is 2.72. The normalized spacial score (nSPS) is 18.8. The Labute approximate surface area is 180 Å². The van der Waals surface area contributed by atoms with E-state index in [0.29, 0.717) is 18.1 Å². The van der Waals surface area contributed by atoms with Crippen LogP contribution in [0.1, 0.15) is 23.2 Å². The number of benzene rings is 2. The molecule has 30 heavy (non-hydrogen) atoms. The molecule has 3 aromatic rings. The molecule has 2 atom stereocenters. The van der Waals surface area contributed by atoms with Crippen molar-refractivity contribution in [3.8, 4) is 5.75 Å². The fourth-order valence-electron chi connectivity index (χ4n) is 3.38. The molecule has 1 amide bonds. The van der Waals surface area contributed by atoms with Crippen LogP contribution in [0.2, 0.25) is 0 Å². The zero-order valence-corrected chi connectivity index (χ0v) is 18.0. The van der Waals surface area contributed by atoms with Crippen molar-refractivity contribution in [2.45, 2.75) is 37.7 Å². The third kappa shape index (κ3) is 4.66. The molecule has 2 heterocycles. The van der Waals surface area contributed by atoms with Gasteiger partial charge in [0.15, 0.2) is 6.29 Å². The first-order valence-corrected chi connectivity index (χ1v) is 10.9. The van der Waals surface area contributed by atoms with Gasteiger partial charge in [0.25, 0.3) is 0 Å². The summed E-state index contributed by atoms with van der Waals surface area (Å²) in [5.41, 5.74) is 4.06. The number of aromatic nitrogens is 2. The van der Waals surface area contributed by atoms with E-state index in [9.17, 15) is 4.79 Å². The van der Waals surface area contributed by atoms with Crippen LogP contribution in [-0.2, 0) is 10.5 Å². The first kappa shape index (κ1) is 20.4. The number of hydrogen-bond acceptors (Lipinski definition) is 7. The predicted molar refractivity (Wildman–Crippen MR) is 120 cm³/mol.